The molecule has 10 heavy (non-hydrogen) atoms. The second-order valence-corrected chi connectivity index (χ2v) is 3.23. The number of hydrogen-bond acceptors (Lipinski definition) is 2. The van der Waals surface area contributed by atoms with E-state index in [1.165, 1.54) is 12.4 Å². The van der Waals surface area contributed by atoms with Gasteiger partial charge in [-0.15, -0.1) is 0 Å². The molecule has 1 unspecified atom stereocenters. The summed E-state index contributed by atoms with van der Waals surface area (Å²) in [6.45, 7) is 0. The Morgan fingerprint density at radius 3 is 2.20 bits per heavy atom. The third-order valence-electron chi connectivity index (χ3n) is 0.892. The first-order valence-corrected chi connectivity index (χ1v) is 4.17. The predicted molar refractivity (Wildman–Crippen MR) is 41.7 cm³/mol. The average molecular weight is 225 g/mol. The Labute approximate surface area is 69.6 Å². The van der Waals surface area contributed by atoms with E-state index in [2.05, 4.69) is 16.1 Å². The van der Waals surface area contributed by atoms with Crippen LogP contribution < -0.4 is 0 Å². The van der Waals surface area contributed by atoms with Gasteiger partial charge >= 0.3 is 0 Å². The summed E-state index contributed by atoms with van der Waals surface area (Å²) in [5.41, 5.74) is 0. The van der Waals surface area contributed by atoms with Crippen molar-refractivity contribution in [3.05, 3.63) is 24.8 Å². The molecule has 56 valence electrons. The summed E-state index contributed by atoms with van der Waals surface area (Å²) in [6.07, 6.45) is 6.16. The number of rotatable bonds is 1. The van der Waals surface area contributed by atoms with Crippen LogP contribution in [0.3, 0.4) is 0 Å². The molecule has 1 N–H and O–H groups in total. The standard InChI is InChI=1S/C4H5BrN2O2S/c5-6-1-3-7(4-2-6)10(8)9/h1-4H,(H,8,9). The lowest BCUT2D eigenvalue weighted by molar-refractivity contribution is 0.513. The van der Waals surface area contributed by atoms with Crippen LogP contribution in [0, 0.1) is 0 Å². The molecular formula is C4H5BrN2O2S. The summed E-state index contributed by atoms with van der Waals surface area (Å²) in [6, 6.07) is 0. The van der Waals surface area contributed by atoms with Gasteiger partial charge in [0, 0.05) is 24.8 Å². The third-order valence-corrected chi connectivity index (χ3v) is 1.97. The van der Waals surface area contributed by atoms with Gasteiger partial charge in [-0.3, -0.25) is 8.48 Å². The third kappa shape index (κ3) is 1.83. The van der Waals surface area contributed by atoms with Gasteiger partial charge in [-0.05, 0) is 0 Å². The van der Waals surface area contributed by atoms with Crippen molar-refractivity contribution in [1.82, 2.24) is 8.23 Å². The van der Waals surface area contributed by atoms with Gasteiger partial charge in [0.1, 0.15) is 0 Å². The molecule has 0 saturated heterocycles. The van der Waals surface area contributed by atoms with Crippen LogP contribution in [0.4, 0.5) is 0 Å². The van der Waals surface area contributed by atoms with Crippen molar-refractivity contribution in [3.8, 4) is 0 Å². The van der Waals surface area contributed by atoms with Crippen LogP contribution in [0.15, 0.2) is 24.8 Å². The first-order chi connectivity index (χ1) is 4.70. The number of hydrogen-bond donors (Lipinski definition) is 1. The first kappa shape index (κ1) is 7.77. The highest BCUT2D eigenvalue weighted by atomic mass is 79.9. The summed E-state index contributed by atoms with van der Waals surface area (Å²) in [4.78, 5) is 0. The fourth-order valence-corrected chi connectivity index (χ4v) is 0.991. The highest BCUT2D eigenvalue weighted by Gasteiger charge is 2.04. The van der Waals surface area contributed by atoms with Gasteiger partial charge in [0.2, 0.25) is 0 Å². The Morgan fingerprint density at radius 1 is 1.30 bits per heavy atom. The van der Waals surface area contributed by atoms with Crippen LogP contribution in [-0.2, 0) is 11.3 Å². The molecule has 4 nitrogen and oxygen atoms in total. The summed E-state index contributed by atoms with van der Waals surface area (Å²) in [5.74, 6) is 0. The zero-order chi connectivity index (χ0) is 7.56. The molecule has 0 bridgehead atoms. The van der Waals surface area contributed by atoms with Crippen molar-refractivity contribution in [3.63, 3.8) is 0 Å². The zero-order valence-electron chi connectivity index (χ0n) is 4.85. The SMILES string of the molecule is O=S(O)N1C=CN(Br)C=C1. The van der Waals surface area contributed by atoms with Crippen LogP contribution >= 0.6 is 16.1 Å². The summed E-state index contributed by atoms with van der Waals surface area (Å²) < 4.78 is 21.6. The average Bonchev–Trinajstić information content (AvgIpc) is 1.88. The van der Waals surface area contributed by atoms with Crippen LogP contribution in [0.25, 0.3) is 0 Å². The van der Waals surface area contributed by atoms with Crippen molar-refractivity contribution in [2.75, 3.05) is 0 Å². The Kier molecular flexibility index (Phi) is 2.47. The molecule has 0 aromatic carbocycles. The van der Waals surface area contributed by atoms with Gasteiger partial charge in [-0.25, -0.2) is 8.51 Å². The molecular weight excluding hydrogens is 220 g/mol. The van der Waals surface area contributed by atoms with Crippen LogP contribution in [0.2, 0.25) is 0 Å². The van der Waals surface area contributed by atoms with Gasteiger partial charge in [0.25, 0.3) is 11.3 Å². The van der Waals surface area contributed by atoms with Gasteiger partial charge in [-0.2, -0.15) is 0 Å². The van der Waals surface area contributed by atoms with E-state index in [0.29, 0.717) is 0 Å². The first-order valence-electron chi connectivity index (χ1n) is 2.40. The molecule has 1 aliphatic heterocycles. The number of halogens is 1. The highest BCUT2D eigenvalue weighted by Crippen LogP contribution is 2.08. The van der Waals surface area contributed by atoms with Crippen LogP contribution in [0.1, 0.15) is 0 Å². The largest absolute Gasteiger partial charge is 0.289 e. The number of nitrogens with zero attached hydrogens (tertiary/aromatic N) is 2. The Hall–Kier alpha value is -0.330. The van der Waals surface area contributed by atoms with E-state index < -0.39 is 11.3 Å². The topological polar surface area (TPSA) is 43.8 Å². The van der Waals surface area contributed by atoms with E-state index >= 15 is 0 Å². The van der Waals surface area contributed by atoms with Gasteiger partial charge in [0.15, 0.2) is 0 Å². The monoisotopic (exact) mass is 224 g/mol. The van der Waals surface area contributed by atoms with Crippen molar-refractivity contribution < 1.29 is 8.76 Å². The molecule has 1 atom stereocenters. The second-order valence-electron chi connectivity index (χ2n) is 1.53. The van der Waals surface area contributed by atoms with Crippen molar-refractivity contribution in [1.29, 1.82) is 0 Å². The molecule has 0 amide bonds. The van der Waals surface area contributed by atoms with Crippen molar-refractivity contribution in [2.45, 2.75) is 0 Å². The zero-order valence-corrected chi connectivity index (χ0v) is 7.25. The fraction of sp³-hybridized carbons (Fsp3) is 0. The quantitative estimate of drug-likeness (QED) is 0.534. The van der Waals surface area contributed by atoms with E-state index in [0.717, 1.165) is 4.31 Å². The maximum Gasteiger partial charge on any atom is 0.265 e. The maximum absolute atomic E-state index is 10.4. The lowest BCUT2D eigenvalue weighted by Crippen LogP contribution is -2.16. The molecule has 0 aromatic heterocycles. The maximum atomic E-state index is 10.4. The molecule has 6 heteroatoms. The summed E-state index contributed by atoms with van der Waals surface area (Å²) in [7, 11) is 0. The summed E-state index contributed by atoms with van der Waals surface area (Å²) >= 11 is 1.16. The molecule has 0 aliphatic carbocycles. The Balaban J connectivity index is 2.62. The smallest absolute Gasteiger partial charge is 0.265 e. The minimum Gasteiger partial charge on any atom is -0.289 e. The molecule has 0 spiro atoms. The van der Waals surface area contributed by atoms with Crippen LogP contribution in [-0.4, -0.2) is 17.0 Å². The van der Waals surface area contributed by atoms with Gasteiger partial charge < -0.3 is 0 Å². The highest BCUT2D eigenvalue weighted by molar-refractivity contribution is 9.07. The van der Waals surface area contributed by atoms with Gasteiger partial charge in [0.05, 0.1) is 16.1 Å². The minimum atomic E-state index is -1.95. The van der Waals surface area contributed by atoms with Crippen molar-refractivity contribution in [2.24, 2.45) is 0 Å². The Bertz CT molecular complexity index is 191. The molecule has 0 fully saturated rings. The van der Waals surface area contributed by atoms with E-state index in [-0.39, 0.29) is 0 Å². The lowest BCUT2D eigenvalue weighted by atomic mass is 10.7. The van der Waals surface area contributed by atoms with E-state index in [1.807, 2.05) is 0 Å². The molecule has 1 aliphatic rings. The fourth-order valence-electron chi connectivity index (χ4n) is 0.462. The normalized spacial score (nSPS) is 19.8. The Morgan fingerprint density at radius 2 is 1.80 bits per heavy atom. The molecule has 1 rings (SSSR count). The van der Waals surface area contributed by atoms with E-state index in [9.17, 15) is 4.21 Å². The minimum absolute atomic E-state index is 1.16. The molecule has 1 heterocycles. The van der Waals surface area contributed by atoms with Crippen molar-refractivity contribution >= 4 is 27.4 Å². The molecule has 0 aromatic rings. The lowest BCUT2D eigenvalue weighted by Gasteiger charge is -2.15. The van der Waals surface area contributed by atoms with Crippen LogP contribution in [0.5, 0.6) is 0 Å². The summed E-state index contributed by atoms with van der Waals surface area (Å²) in [5, 5.41) is 0. The van der Waals surface area contributed by atoms with Gasteiger partial charge in [-0.1, -0.05) is 0 Å². The molecule has 0 radical (unpaired) electrons. The van der Waals surface area contributed by atoms with E-state index in [4.69, 9.17) is 4.55 Å². The predicted octanol–water partition coefficient (Wildman–Crippen LogP) is 0.993. The molecule has 0 saturated carbocycles. The van der Waals surface area contributed by atoms with E-state index in [1.54, 1.807) is 16.3 Å². The second kappa shape index (κ2) is 3.18.